The molecule has 3 rings (SSSR count). The van der Waals surface area contributed by atoms with E-state index in [0.29, 0.717) is 5.92 Å². The van der Waals surface area contributed by atoms with Crippen molar-refractivity contribution in [2.75, 3.05) is 45.7 Å². The van der Waals surface area contributed by atoms with E-state index < -0.39 is 0 Å². The Morgan fingerprint density at radius 3 is 2.73 bits per heavy atom. The van der Waals surface area contributed by atoms with Gasteiger partial charge in [-0.1, -0.05) is 12.1 Å². The number of urea groups is 1. The highest BCUT2D eigenvalue weighted by molar-refractivity contribution is 5.90. The number of methoxy groups -OCH3 is 1. The van der Waals surface area contributed by atoms with Gasteiger partial charge in [0.25, 0.3) is 0 Å². The van der Waals surface area contributed by atoms with E-state index in [1.807, 2.05) is 44.3 Å². The Hall–Kier alpha value is -2.60. The zero-order valence-electron chi connectivity index (χ0n) is 18.2. The Bertz CT molecular complexity index is 841. The molecule has 6 heteroatoms. The van der Waals surface area contributed by atoms with Crippen molar-refractivity contribution in [2.45, 2.75) is 26.2 Å². The summed E-state index contributed by atoms with van der Waals surface area (Å²) in [6.45, 7) is 5.72. The predicted molar refractivity (Wildman–Crippen MR) is 119 cm³/mol. The molecule has 2 amide bonds. The van der Waals surface area contributed by atoms with Crippen LogP contribution in [0, 0.1) is 18.7 Å². The Labute approximate surface area is 178 Å². The molecule has 30 heavy (non-hydrogen) atoms. The summed E-state index contributed by atoms with van der Waals surface area (Å²) in [7, 11) is 3.49. The summed E-state index contributed by atoms with van der Waals surface area (Å²) in [6, 6.07) is 12.3. The van der Waals surface area contributed by atoms with Crippen LogP contribution in [0.3, 0.4) is 0 Å². The van der Waals surface area contributed by atoms with Crippen molar-refractivity contribution in [2.24, 2.45) is 5.92 Å². The minimum Gasteiger partial charge on any atom is -0.497 e. The minimum atomic E-state index is -0.192. The van der Waals surface area contributed by atoms with Crippen LogP contribution >= 0.6 is 0 Å². The molecular formula is C24H32FN3O2. The second-order valence-electron chi connectivity index (χ2n) is 8.18. The maximum absolute atomic E-state index is 13.1. The van der Waals surface area contributed by atoms with Crippen molar-refractivity contribution in [1.82, 2.24) is 9.80 Å². The van der Waals surface area contributed by atoms with Gasteiger partial charge in [-0.15, -0.1) is 0 Å². The molecule has 0 spiro atoms. The highest BCUT2D eigenvalue weighted by Gasteiger charge is 2.23. The Morgan fingerprint density at radius 2 is 2.03 bits per heavy atom. The molecule has 0 radical (unpaired) electrons. The number of benzene rings is 2. The lowest BCUT2D eigenvalue weighted by Crippen LogP contribution is -2.43. The molecule has 1 N–H and O–H groups in total. The summed E-state index contributed by atoms with van der Waals surface area (Å²) in [5, 5.41) is 3.00. The average molecular weight is 414 g/mol. The van der Waals surface area contributed by atoms with Crippen molar-refractivity contribution in [3.8, 4) is 5.75 Å². The summed E-state index contributed by atoms with van der Waals surface area (Å²) < 4.78 is 18.3. The van der Waals surface area contributed by atoms with Crippen LogP contribution in [0.1, 0.15) is 24.0 Å². The van der Waals surface area contributed by atoms with Gasteiger partial charge in [-0.2, -0.15) is 0 Å². The maximum Gasteiger partial charge on any atom is 0.321 e. The van der Waals surface area contributed by atoms with Crippen LogP contribution in [0.4, 0.5) is 14.9 Å². The second-order valence-corrected chi connectivity index (χ2v) is 8.18. The highest BCUT2D eigenvalue weighted by atomic mass is 19.1. The number of likely N-dealkylation sites (tertiary alicyclic amines) is 1. The smallest absolute Gasteiger partial charge is 0.321 e. The third-order valence-electron chi connectivity index (χ3n) is 5.79. The quantitative estimate of drug-likeness (QED) is 0.724. The number of carbonyl (C=O) groups is 1. The standard InChI is InChI=1S/C24H32FN3O2/c1-18-15-22(30-3)10-11-23(18)26-24(29)27(2)16-20-5-4-13-28(17-20)14-12-19-6-8-21(25)9-7-19/h6-11,15,20H,4-5,12-14,16-17H2,1-3H3,(H,26,29)/t20-/m1/s1. The largest absolute Gasteiger partial charge is 0.497 e. The van der Waals surface area contributed by atoms with Crippen LogP contribution in [0.25, 0.3) is 0 Å². The molecule has 1 heterocycles. The van der Waals surface area contributed by atoms with Gasteiger partial charge in [0, 0.05) is 32.4 Å². The van der Waals surface area contributed by atoms with Gasteiger partial charge in [-0.05, 0) is 80.1 Å². The number of hydrogen-bond acceptors (Lipinski definition) is 3. The number of rotatable bonds is 7. The van der Waals surface area contributed by atoms with E-state index in [9.17, 15) is 9.18 Å². The van der Waals surface area contributed by atoms with Gasteiger partial charge in [-0.3, -0.25) is 0 Å². The van der Waals surface area contributed by atoms with Crippen LogP contribution in [0.5, 0.6) is 5.75 Å². The number of nitrogens with zero attached hydrogens (tertiary/aromatic N) is 2. The summed E-state index contributed by atoms with van der Waals surface area (Å²) in [5.41, 5.74) is 2.93. The number of carbonyl (C=O) groups excluding carboxylic acids is 1. The predicted octanol–water partition coefficient (Wildman–Crippen LogP) is 4.56. The van der Waals surface area contributed by atoms with Crippen LogP contribution in [-0.4, -0.2) is 56.2 Å². The van der Waals surface area contributed by atoms with Gasteiger partial charge in [-0.25, -0.2) is 9.18 Å². The van der Waals surface area contributed by atoms with Crippen LogP contribution in [0.2, 0.25) is 0 Å². The van der Waals surface area contributed by atoms with Crippen LogP contribution in [-0.2, 0) is 6.42 Å². The van der Waals surface area contributed by atoms with Gasteiger partial charge in [0.15, 0.2) is 0 Å². The SMILES string of the molecule is COc1ccc(NC(=O)N(C)C[C@H]2CCCN(CCc3ccc(F)cc3)C2)c(C)c1. The maximum atomic E-state index is 13.1. The topological polar surface area (TPSA) is 44.8 Å². The van der Waals surface area contributed by atoms with Crippen molar-refractivity contribution < 1.29 is 13.9 Å². The van der Waals surface area contributed by atoms with Gasteiger partial charge < -0.3 is 19.9 Å². The molecule has 1 atom stereocenters. The molecule has 1 fully saturated rings. The Morgan fingerprint density at radius 1 is 1.27 bits per heavy atom. The molecule has 0 saturated carbocycles. The molecule has 1 aliphatic heterocycles. The molecular weight excluding hydrogens is 381 g/mol. The monoisotopic (exact) mass is 413 g/mol. The van der Waals surface area contributed by atoms with Crippen molar-refractivity contribution in [1.29, 1.82) is 0 Å². The Balaban J connectivity index is 1.47. The summed E-state index contributed by atoms with van der Waals surface area (Å²) >= 11 is 0. The lowest BCUT2D eigenvalue weighted by molar-refractivity contribution is 0.150. The van der Waals surface area contributed by atoms with Crippen LogP contribution < -0.4 is 10.1 Å². The summed E-state index contributed by atoms with van der Waals surface area (Å²) in [4.78, 5) is 16.9. The number of nitrogens with one attached hydrogen (secondary N) is 1. The van der Waals surface area contributed by atoms with Gasteiger partial charge in [0.1, 0.15) is 11.6 Å². The highest BCUT2D eigenvalue weighted by Crippen LogP contribution is 2.22. The van der Waals surface area contributed by atoms with E-state index in [1.165, 1.54) is 12.1 Å². The molecule has 1 aliphatic rings. The lowest BCUT2D eigenvalue weighted by Gasteiger charge is -2.34. The van der Waals surface area contributed by atoms with Crippen molar-refractivity contribution >= 4 is 11.7 Å². The summed E-state index contributed by atoms with van der Waals surface area (Å²) in [5.74, 6) is 1.05. The van der Waals surface area contributed by atoms with E-state index in [0.717, 1.165) is 68.0 Å². The normalized spacial score (nSPS) is 16.9. The van der Waals surface area contributed by atoms with E-state index in [4.69, 9.17) is 4.74 Å². The third-order valence-corrected chi connectivity index (χ3v) is 5.79. The number of halogens is 1. The lowest BCUT2D eigenvalue weighted by atomic mass is 9.97. The average Bonchev–Trinajstić information content (AvgIpc) is 2.75. The third kappa shape index (κ3) is 6.20. The number of anilines is 1. The number of piperidine rings is 1. The summed E-state index contributed by atoms with van der Waals surface area (Å²) in [6.07, 6.45) is 3.19. The van der Waals surface area contributed by atoms with Gasteiger partial charge in [0.05, 0.1) is 7.11 Å². The molecule has 162 valence electrons. The first-order chi connectivity index (χ1) is 14.4. The zero-order chi connectivity index (χ0) is 21.5. The van der Waals surface area contributed by atoms with Crippen molar-refractivity contribution in [3.05, 3.63) is 59.4 Å². The number of ether oxygens (including phenoxy) is 1. The van der Waals surface area contributed by atoms with E-state index in [-0.39, 0.29) is 11.8 Å². The number of aryl methyl sites for hydroxylation is 1. The van der Waals surface area contributed by atoms with Gasteiger partial charge in [0.2, 0.25) is 0 Å². The van der Waals surface area contributed by atoms with Crippen molar-refractivity contribution in [3.63, 3.8) is 0 Å². The molecule has 0 aromatic heterocycles. The first kappa shape index (κ1) is 22.1. The molecule has 0 unspecified atom stereocenters. The van der Waals surface area contributed by atoms with Gasteiger partial charge >= 0.3 is 6.03 Å². The zero-order valence-corrected chi connectivity index (χ0v) is 18.2. The Kier molecular flexibility index (Phi) is 7.69. The number of hydrogen-bond donors (Lipinski definition) is 1. The minimum absolute atomic E-state index is 0.0910. The number of amides is 2. The fourth-order valence-corrected chi connectivity index (χ4v) is 4.03. The fourth-order valence-electron chi connectivity index (χ4n) is 4.03. The molecule has 2 aromatic rings. The molecule has 2 aromatic carbocycles. The van der Waals surface area contributed by atoms with E-state index >= 15 is 0 Å². The molecule has 0 bridgehead atoms. The first-order valence-electron chi connectivity index (χ1n) is 10.6. The second kappa shape index (κ2) is 10.4. The first-order valence-corrected chi connectivity index (χ1v) is 10.6. The molecule has 5 nitrogen and oxygen atoms in total. The fraction of sp³-hybridized carbons (Fsp3) is 0.458. The molecule has 0 aliphatic carbocycles. The van der Waals surface area contributed by atoms with E-state index in [1.54, 1.807) is 12.0 Å². The molecule has 1 saturated heterocycles. The van der Waals surface area contributed by atoms with E-state index in [2.05, 4.69) is 10.2 Å². The van der Waals surface area contributed by atoms with Crippen LogP contribution in [0.15, 0.2) is 42.5 Å².